The number of hydrogen-bond acceptors (Lipinski definition) is 5. The maximum absolute atomic E-state index is 12.5. The highest BCUT2D eigenvalue weighted by molar-refractivity contribution is 9.10. The molecule has 0 bridgehead atoms. The summed E-state index contributed by atoms with van der Waals surface area (Å²) in [4.78, 5) is 23.3. The number of primary amides is 1. The van der Waals surface area contributed by atoms with Crippen molar-refractivity contribution in [3.63, 3.8) is 0 Å². The van der Waals surface area contributed by atoms with Crippen molar-refractivity contribution in [3.8, 4) is 11.5 Å². The fourth-order valence-electron chi connectivity index (χ4n) is 2.89. The van der Waals surface area contributed by atoms with Gasteiger partial charge >= 0.3 is 6.03 Å². The molecule has 4 N–H and O–H groups in total. The molecule has 0 aliphatic heterocycles. The van der Waals surface area contributed by atoms with Gasteiger partial charge in [-0.2, -0.15) is 5.10 Å². The van der Waals surface area contributed by atoms with Crippen LogP contribution in [0.1, 0.15) is 12.5 Å². The monoisotopic (exact) mass is 484 g/mol. The minimum Gasteiger partial charge on any atom is -0.490 e. The molecule has 0 unspecified atom stereocenters. The predicted octanol–water partition coefficient (Wildman–Crippen LogP) is 4.02. The Hall–Kier alpha value is -3.59. The van der Waals surface area contributed by atoms with Crippen molar-refractivity contribution < 1.29 is 19.1 Å². The highest BCUT2D eigenvalue weighted by Gasteiger charge is 2.14. The number of carbonyl (C=O) groups is 2. The summed E-state index contributed by atoms with van der Waals surface area (Å²) in [6, 6.07) is 16.1. The Bertz CT molecular complexity index is 1130. The van der Waals surface area contributed by atoms with Crippen LogP contribution in [-0.4, -0.2) is 31.4 Å². The third-order valence-corrected chi connectivity index (χ3v) is 4.72. The molecule has 0 atom stereocenters. The molecule has 0 saturated heterocycles. The van der Waals surface area contributed by atoms with Crippen LogP contribution in [0.4, 0.5) is 10.5 Å². The normalized spacial score (nSPS) is 10.8. The van der Waals surface area contributed by atoms with Crippen LogP contribution in [-0.2, 0) is 4.79 Å². The molecule has 3 aromatic carbocycles. The van der Waals surface area contributed by atoms with Crippen LogP contribution >= 0.6 is 15.9 Å². The third kappa shape index (κ3) is 5.95. The smallest absolute Gasteiger partial charge is 0.332 e. The lowest BCUT2D eigenvalue weighted by Crippen LogP contribution is -2.24. The van der Waals surface area contributed by atoms with Gasteiger partial charge in [-0.15, -0.1) is 0 Å². The molecule has 0 aromatic heterocycles. The molecule has 31 heavy (non-hydrogen) atoms. The average Bonchev–Trinajstić information content (AvgIpc) is 2.73. The van der Waals surface area contributed by atoms with E-state index in [-0.39, 0.29) is 12.5 Å². The topological polar surface area (TPSA) is 115 Å². The number of fused-ring (bicyclic) bond motifs is 1. The van der Waals surface area contributed by atoms with Crippen molar-refractivity contribution in [1.82, 2.24) is 5.43 Å². The van der Waals surface area contributed by atoms with Crippen LogP contribution in [0.5, 0.6) is 11.5 Å². The van der Waals surface area contributed by atoms with E-state index in [0.29, 0.717) is 33.8 Å². The van der Waals surface area contributed by atoms with Crippen molar-refractivity contribution in [2.75, 3.05) is 18.5 Å². The molecule has 0 radical (unpaired) electrons. The summed E-state index contributed by atoms with van der Waals surface area (Å²) < 4.78 is 11.9. The zero-order valence-corrected chi connectivity index (χ0v) is 18.3. The van der Waals surface area contributed by atoms with Crippen molar-refractivity contribution in [1.29, 1.82) is 0 Å². The predicted molar refractivity (Wildman–Crippen MR) is 124 cm³/mol. The number of nitrogens with one attached hydrogen (secondary N) is 2. The first-order valence-corrected chi connectivity index (χ1v) is 10.2. The van der Waals surface area contributed by atoms with Crippen LogP contribution < -0.4 is 25.9 Å². The van der Waals surface area contributed by atoms with E-state index < -0.39 is 6.03 Å². The quantitative estimate of drug-likeness (QED) is 0.330. The SMILES string of the molecule is CCOc1cc(C=NNC(N)=O)cc(Br)c1OCC(=O)Nc1cccc2ccccc12. The van der Waals surface area contributed by atoms with Crippen molar-refractivity contribution in [2.24, 2.45) is 10.8 Å². The lowest BCUT2D eigenvalue weighted by atomic mass is 10.1. The fourth-order valence-corrected chi connectivity index (χ4v) is 3.47. The molecule has 3 aromatic rings. The Morgan fingerprint density at radius 3 is 2.68 bits per heavy atom. The Morgan fingerprint density at radius 1 is 1.13 bits per heavy atom. The molecular formula is C22H21BrN4O4. The molecule has 0 aliphatic carbocycles. The summed E-state index contributed by atoms with van der Waals surface area (Å²) in [7, 11) is 0. The summed E-state index contributed by atoms with van der Waals surface area (Å²) in [6.07, 6.45) is 1.41. The van der Waals surface area contributed by atoms with Crippen molar-refractivity contribution in [3.05, 3.63) is 64.6 Å². The lowest BCUT2D eigenvalue weighted by molar-refractivity contribution is -0.118. The van der Waals surface area contributed by atoms with Gasteiger partial charge in [0.1, 0.15) is 0 Å². The van der Waals surface area contributed by atoms with Gasteiger partial charge in [0.2, 0.25) is 0 Å². The number of carbonyl (C=O) groups excluding carboxylic acids is 2. The molecule has 3 rings (SSSR count). The molecule has 0 spiro atoms. The number of rotatable bonds is 8. The van der Waals surface area contributed by atoms with E-state index in [1.807, 2.05) is 49.4 Å². The van der Waals surface area contributed by atoms with Gasteiger partial charge in [0, 0.05) is 11.1 Å². The van der Waals surface area contributed by atoms with Gasteiger partial charge in [-0.25, -0.2) is 10.2 Å². The second kappa shape index (κ2) is 10.4. The molecule has 8 nitrogen and oxygen atoms in total. The van der Waals surface area contributed by atoms with Gasteiger partial charge in [0.25, 0.3) is 5.91 Å². The molecule has 0 saturated carbocycles. The van der Waals surface area contributed by atoms with Crippen LogP contribution in [0.15, 0.2) is 64.2 Å². The Morgan fingerprint density at radius 2 is 1.90 bits per heavy atom. The van der Waals surface area contributed by atoms with Gasteiger partial charge in [0.15, 0.2) is 18.1 Å². The van der Waals surface area contributed by atoms with Gasteiger partial charge in [-0.3, -0.25) is 4.79 Å². The number of hydrazone groups is 1. The number of amides is 3. The minimum atomic E-state index is -0.766. The van der Waals surface area contributed by atoms with E-state index in [1.165, 1.54) is 6.21 Å². The van der Waals surface area contributed by atoms with Crippen molar-refractivity contribution >= 4 is 50.5 Å². The highest BCUT2D eigenvalue weighted by atomic mass is 79.9. The van der Waals surface area contributed by atoms with Crippen LogP contribution in [0.25, 0.3) is 10.8 Å². The van der Waals surface area contributed by atoms with Crippen molar-refractivity contribution in [2.45, 2.75) is 6.92 Å². The maximum atomic E-state index is 12.5. The summed E-state index contributed by atoms with van der Waals surface area (Å²) in [5.41, 5.74) is 8.46. The Labute approximate surface area is 187 Å². The van der Waals surface area contributed by atoms with Crippen LogP contribution in [0.3, 0.4) is 0 Å². The average molecular weight is 485 g/mol. The van der Waals surface area contributed by atoms with Gasteiger partial charge in [0.05, 0.1) is 17.3 Å². The molecular weight excluding hydrogens is 464 g/mol. The number of benzene rings is 3. The number of halogens is 1. The molecule has 9 heteroatoms. The fraction of sp³-hybridized carbons (Fsp3) is 0.136. The number of anilines is 1. The Kier molecular flexibility index (Phi) is 7.45. The molecule has 160 valence electrons. The maximum Gasteiger partial charge on any atom is 0.332 e. The molecule has 0 aliphatic rings. The second-order valence-electron chi connectivity index (χ2n) is 6.36. The van der Waals surface area contributed by atoms with E-state index in [2.05, 4.69) is 31.8 Å². The molecule has 3 amide bonds. The largest absolute Gasteiger partial charge is 0.490 e. The van der Waals surface area contributed by atoms with Gasteiger partial charge < -0.3 is 20.5 Å². The first-order valence-electron chi connectivity index (χ1n) is 9.43. The Balaban J connectivity index is 1.73. The number of ether oxygens (including phenoxy) is 2. The van der Waals surface area contributed by atoms with E-state index in [0.717, 1.165) is 10.8 Å². The third-order valence-electron chi connectivity index (χ3n) is 4.13. The minimum absolute atomic E-state index is 0.210. The molecule has 0 heterocycles. The summed E-state index contributed by atoms with van der Waals surface area (Å²) >= 11 is 3.43. The van der Waals surface area contributed by atoms with E-state index >= 15 is 0 Å². The summed E-state index contributed by atoms with van der Waals surface area (Å²) in [6.45, 7) is 2.02. The summed E-state index contributed by atoms with van der Waals surface area (Å²) in [5, 5.41) is 8.59. The zero-order valence-electron chi connectivity index (χ0n) is 16.7. The first-order chi connectivity index (χ1) is 15.0. The van der Waals surface area contributed by atoms with Gasteiger partial charge in [-0.05, 0) is 52.0 Å². The first kappa shape index (κ1) is 22.1. The zero-order chi connectivity index (χ0) is 22.2. The van der Waals surface area contributed by atoms with Crippen LogP contribution in [0.2, 0.25) is 0 Å². The summed E-state index contributed by atoms with van der Waals surface area (Å²) in [5.74, 6) is 0.507. The van der Waals surface area contributed by atoms with E-state index in [1.54, 1.807) is 12.1 Å². The number of hydrogen-bond donors (Lipinski definition) is 3. The van der Waals surface area contributed by atoms with Gasteiger partial charge in [-0.1, -0.05) is 36.4 Å². The van der Waals surface area contributed by atoms with E-state index in [9.17, 15) is 9.59 Å². The van der Waals surface area contributed by atoms with E-state index in [4.69, 9.17) is 15.2 Å². The standard InChI is InChI=1S/C22H21BrN4O4/c1-2-30-19-11-14(12-25-27-22(24)29)10-17(23)21(19)31-13-20(28)26-18-9-5-7-15-6-3-4-8-16(15)18/h3-12H,2,13H2,1H3,(H,26,28)(H3,24,27,29). The second-order valence-corrected chi connectivity index (χ2v) is 7.22. The lowest BCUT2D eigenvalue weighted by Gasteiger charge is -2.15. The van der Waals surface area contributed by atoms with Crippen LogP contribution in [0, 0.1) is 0 Å². The number of urea groups is 1. The highest BCUT2D eigenvalue weighted by Crippen LogP contribution is 2.36. The number of nitrogens with zero attached hydrogens (tertiary/aromatic N) is 1. The number of nitrogens with two attached hydrogens (primary N) is 1. The molecule has 0 fully saturated rings.